The second-order valence-corrected chi connectivity index (χ2v) is 4.95. The molecule has 0 aromatic carbocycles. The fourth-order valence-electron chi connectivity index (χ4n) is 1.52. The van der Waals surface area contributed by atoms with Crippen molar-refractivity contribution >= 4 is 23.4 Å². The van der Waals surface area contributed by atoms with Gasteiger partial charge in [-0.3, -0.25) is 14.6 Å². The van der Waals surface area contributed by atoms with Crippen LogP contribution in [-0.4, -0.2) is 17.1 Å². The lowest BCUT2D eigenvalue weighted by atomic mass is 10.1. The molecule has 0 atom stereocenters. The molecule has 0 bridgehead atoms. The SMILES string of the molecule is Cc1sc(C(=O)Cc2ccncc2)cc1C=O. The second-order valence-electron chi connectivity index (χ2n) is 3.70. The summed E-state index contributed by atoms with van der Waals surface area (Å²) in [5, 5.41) is 0. The average molecular weight is 245 g/mol. The lowest BCUT2D eigenvalue weighted by Gasteiger charge is -1.97. The first-order chi connectivity index (χ1) is 8.20. The maximum Gasteiger partial charge on any atom is 0.177 e. The van der Waals surface area contributed by atoms with Gasteiger partial charge in [0.15, 0.2) is 12.1 Å². The Bertz CT molecular complexity index is 546. The standard InChI is InChI=1S/C13H11NO2S/c1-9-11(8-15)7-13(17-9)12(16)6-10-2-4-14-5-3-10/h2-5,7-8H,6H2,1H3. The van der Waals surface area contributed by atoms with E-state index in [0.717, 1.165) is 16.7 Å². The van der Waals surface area contributed by atoms with Crippen LogP contribution in [0.3, 0.4) is 0 Å². The van der Waals surface area contributed by atoms with Crippen LogP contribution in [0.25, 0.3) is 0 Å². The molecular formula is C13H11NO2S. The van der Waals surface area contributed by atoms with Crippen LogP contribution in [0.5, 0.6) is 0 Å². The summed E-state index contributed by atoms with van der Waals surface area (Å²) >= 11 is 1.37. The van der Waals surface area contributed by atoms with Gasteiger partial charge in [-0.2, -0.15) is 0 Å². The van der Waals surface area contributed by atoms with Crippen molar-refractivity contribution in [1.29, 1.82) is 0 Å². The second kappa shape index (κ2) is 5.01. The van der Waals surface area contributed by atoms with Gasteiger partial charge in [0.1, 0.15) is 0 Å². The molecule has 3 nitrogen and oxygen atoms in total. The Morgan fingerprint density at radius 3 is 2.71 bits per heavy atom. The number of nitrogens with zero attached hydrogens (tertiary/aromatic N) is 1. The smallest absolute Gasteiger partial charge is 0.177 e. The van der Waals surface area contributed by atoms with Gasteiger partial charge in [-0.15, -0.1) is 11.3 Å². The molecule has 0 N–H and O–H groups in total. The van der Waals surface area contributed by atoms with Crippen LogP contribution in [0, 0.1) is 6.92 Å². The lowest BCUT2D eigenvalue weighted by Crippen LogP contribution is -2.01. The number of aryl methyl sites for hydroxylation is 1. The Hall–Kier alpha value is -1.81. The molecular weight excluding hydrogens is 234 g/mol. The van der Waals surface area contributed by atoms with Crippen LogP contribution >= 0.6 is 11.3 Å². The number of aromatic nitrogens is 1. The molecule has 0 aliphatic rings. The molecule has 2 aromatic rings. The number of carbonyl (C=O) groups is 2. The monoisotopic (exact) mass is 245 g/mol. The number of aldehydes is 1. The zero-order chi connectivity index (χ0) is 12.3. The highest BCUT2D eigenvalue weighted by Crippen LogP contribution is 2.21. The number of thiophene rings is 1. The minimum absolute atomic E-state index is 0.0393. The molecule has 0 saturated carbocycles. The van der Waals surface area contributed by atoms with E-state index in [1.807, 2.05) is 19.1 Å². The van der Waals surface area contributed by atoms with Crippen LogP contribution in [0.1, 0.15) is 30.5 Å². The van der Waals surface area contributed by atoms with Crippen LogP contribution < -0.4 is 0 Å². The third-order valence-electron chi connectivity index (χ3n) is 2.47. The predicted octanol–water partition coefficient (Wildman–Crippen LogP) is 2.69. The molecule has 0 aliphatic heterocycles. The highest BCUT2D eigenvalue weighted by atomic mass is 32.1. The zero-order valence-corrected chi connectivity index (χ0v) is 10.2. The molecule has 0 amide bonds. The van der Waals surface area contributed by atoms with E-state index in [0.29, 0.717) is 16.9 Å². The molecule has 0 radical (unpaired) electrons. The topological polar surface area (TPSA) is 47.0 Å². The summed E-state index contributed by atoms with van der Waals surface area (Å²) in [7, 11) is 0. The van der Waals surface area contributed by atoms with E-state index in [4.69, 9.17) is 0 Å². The van der Waals surface area contributed by atoms with Gasteiger partial charge in [0.05, 0.1) is 4.88 Å². The maximum absolute atomic E-state index is 12.0. The first kappa shape index (κ1) is 11.7. The third-order valence-corrected chi connectivity index (χ3v) is 3.58. The van der Waals surface area contributed by atoms with Gasteiger partial charge in [-0.25, -0.2) is 0 Å². The summed E-state index contributed by atoms with van der Waals surface area (Å²) in [6.07, 6.45) is 4.47. The Balaban J connectivity index is 2.17. The predicted molar refractivity (Wildman–Crippen MR) is 66.7 cm³/mol. The molecule has 4 heteroatoms. The van der Waals surface area contributed by atoms with Gasteiger partial charge >= 0.3 is 0 Å². The minimum Gasteiger partial charge on any atom is -0.298 e. The van der Waals surface area contributed by atoms with E-state index < -0.39 is 0 Å². The van der Waals surface area contributed by atoms with Crippen molar-refractivity contribution < 1.29 is 9.59 Å². The van der Waals surface area contributed by atoms with E-state index in [2.05, 4.69) is 4.98 Å². The van der Waals surface area contributed by atoms with Gasteiger partial charge < -0.3 is 0 Å². The van der Waals surface area contributed by atoms with Crippen molar-refractivity contribution in [3.63, 3.8) is 0 Å². The molecule has 17 heavy (non-hydrogen) atoms. The number of hydrogen-bond acceptors (Lipinski definition) is 4. The van der Waals surface area contributed by atoms with Crippen LogP contribution in [0.15, 0.2) is 30.6 Å². The molecule has 0 spiro atoms. The van der Waals surface area contributed by atoms with E-state index in [9.17, 15) is 9.59 Å². The van der Waals surface area contributed by atoms with Crippen LogP contribution in [0.4, 0.5) is 0 Å². The third kappa shape index (κ3) is 2.65. The molecule has 86 valence electrons. The molecule has 0 saturated heterocycles. The molecule has 0 unspecified atom stereocenters. The highest BCUT2D eigenvalue weighted by Gasteiger charge is 2.12. The summed E-state index contributed by atoms with van der Waals surface area (Å²) in [6, 6.07) is 5.30. The van der Waals surface area contributed by atoms with Gasteiger partial charge in [0.2, 0.25) is 0 Å². The quantitative estimate of drug-likeness (QED) is 0.614. The van der Waals surface area contributed by atoms with Gasteiger partial charge in [-0.05, 0) is 30.7 Å². The summed E-state index contributed by atoms with van der Waals surface area (Å²) in [6.45, 7) is 1.84. The fraction of sp³-hybridized carbons (Fsp3) is 0.154. The molecule has 2 heterocycles. The molecule has 0 aliphatic carbocycles. The van der Waals surface area contributed by atoms with Crippen molar-refractivity contribution in [1.82, 2.24) is 4.98 Å². The summed E-state index contributed by atoms with van der Waals surface area (Å²) < 4.78 is 0. The molecule has 2 aromatic heterocycles. The van der Waals surface area contributed by atoms with E-state index in [-0.39, 0.29) is 5.78 Å². The highest BCUT2D eigenvalue weighted by molar-refractivity contribution is 7.14. The number of Topliss-reactive ketones (excluding diaryl/α,β-unsaturated/α-hetero) is 1. The van der Waals surface area contributed by atoms with Crippen molar-refractivity contribution in [2.24, 2.45) is 0 Å². The number of ketones is 1. The first-order valence-corrected chi connectivity index (χ1v) is 6.00. The van der Waals surface area contributed by atoms with Crippen molar-refractivity contribution in [2.75, 3.05) is 0 Å². The Morgan fingerprint density at radius 1 is 1.41 bits per heavy atom. The zero-order valence-electron chi connectivity index (χ0n) is 9.34. The number of hydrogen-bond donors (Lipinski definition) is 0. The van der Waals surface area contributed by atoms with Crippen LogP contribution in [0.2, 0.25) is 0 Å². The van der Waals surface area contributed by atoms with Crippen molar-refractivity contribution in [3.8, 4) is 0 Å². The normalized spacial score (nSPS) is 10.2. The van der Waals surface area contributed by atoms with E-state index >= 15 is 0 Å². The lowest BCUT2D eigenvalue weighted by molar-refractivity contribution is 0.0996. The Kier molecular flexibility index (Phi) is 3.44. The van der Waals surface area contributed by atoms with E-state index in [1.165, 1.54) is 11.3 Å². The van der Waals surface area contributed by atoms with Gasteiger partial charge in [0.25, 0.3) is 0 Å². The minimum atomic E-state index is 0.0393. The summed E-state index contributed by atoms with van der Waals surface area (Å²) in [5.41, 5.74) is 1.54. The van der Waals surface area contributed by atoms with Gasteiger partial charge in [0, 0.05) is 29.3 Å². The molecule has 0 fully saturated rings. The fourth-order valence-corrected chi connectivity index (χ4v) is 2.45. The Labute approximate surface area is 103 Å². The maximum atomic E-state index is 12.0. The summed E-state index contributed by atoms with van der Waals surface area (Å²) in [5.74, 6) is 0.0393. The number of carbonyl (C=O) groups excluding carboxylic acids is 2. The largest absolute Gasteiger partial charge is 0.298 e. The molecule has 2 rings (SSSR count). The van der Waals surface area contributed by atoms with Crippen molar-refractivity contribution in [2.45, 2.75) is 13.3 Å². The first-order valence-electron chi connectivity index (χ1n) is 5.18. The van der Waals surface area contributed by atoms with Crippen LogP contribution in [-0.2, 0) is 6.42 Å². The van der Waals surface area contributed by atoms with Crippen molar-refractivity contribution in [3.05, 3.63) is 51.5 Å². The van der Waals surface area contributed by atoms with Gasteiger partial charge in [-0.1, -0.05) is 0 Å². The Morgan fingerprint density at radius 2 is 2.12 bits per heavy atom. The average Bonchev–Trinajstić information content (AvgIpc) is 2.72. The number of rotatable bonds is 4. The summed E-state index contributed by atoms with van der Waals surface area (Å²) in [4.78, 5) is 28.1. The van der Waals surface area contributed by atoms with E-state index in [1.54, 1.807) is 18.5 Å². The number of pyridine rings is 1.